The van der Waals surface area contributed by atoms with Crippen molar-refractivity contribution in [3.63, 3.8) is 0 Å². The summed E-state index contributed by atoms with van der Waals surface area (Å²) in [7, 11) is 1.41. The normalized spacial score (nSPS) is 25.5. The number of ether oxygens (including phenoxy) is 2. The van der Waals surface area contributed by atoms with Gasteiger partial charge in [0, 0.05) is 24.2 Å². The molecule has 0 N–H and O–H groups in total. The largest absolute Gasteiger partial charge is 0.453 e. The predicted octanol–water partition coefficient (Wildman–Crippen LogP) is 4.50. The first-order chi connectivity index (χ1) is 14.3. The average Bonchev–Trinajstić information content (AvgIpc) is 3.16. The van der Waals surface area contributed by atoms with Gasteiger partial charge in [0.05, 0.1) is 31.6 Å². The van der Waals surface area contributed by atoms with E-state index in [0.717, 1.165) is 28.6 Å². The number of rotatable bonds is 2. The molecule has 2 aromatic rings. The summed E-state index contributed by atoms with van der Waals surface area (Å²) < 4.78 is 12.8. The topological polar surface area (TPSA) is 69.0 Å². The lowest BCUT2D eigenvalue weighted by Crippen LogP contribution is -2.42. The Bertz CT molecular complexity index is 909. The van der Waals surface area contributed by atoms with Crippen molar-refractivity contribution in [2.24, 2.45) is 11.3 Å². The van der Waals surface area contributed by atoms with Crippen molar-refractivity contribution < 1.29 is 14.3 Å². The fourth-order valence-electron chi connectivity index (χ4n) is 4.95. The molecule has 0 unspecified atom stereocenters. The van der Waals surface area contributed by atoms with Crippen molar-refractivity contribution in [1.82, 2.24) is 19.5 Å². The van der Waals surface area contributed by atoms with Crippen LogP contribution < -0.4 is 0 Å². The lowest BCUT2D eigenvalue weighted by molar-refractivity contribution is -0.0287. The van der Waals surface area contributed by atoms with Gasteiger partial charge in [0.1, 0.15) is 6.10 Å². The van der Waals surface area contributed by atoms with E-state index in [0.29, 0.717) is 31.0 Å². The summed E-state index contributed by atoms with van der Waals surface area (Å²) in [6, 6.07) is 4.16. The zero-order chi connectivity index (χ0) is 21.5. The maximum absolute atomic E-state index is 12.0. The van der Waals surface area contributed by atoms with Crippen LogP contribution in [0.3, 0.4) is 0 Å². The van der Waals surface area contributed by atoms with Gasteiger partial charge < -0.3 is 14.4 Å². The molecule has 30 heavy (non-hydrogen) atoms. The van der Waals surface area contributed by atoms with Gasteiger partial charge in [0.25, 0.3) is 0 Å². The molecule has 2 fully saturated rings. The number of amides is 1. The molecular formula is C23H34N4O3. The Labute approximate surface area is 178 Å². The van der Waals surface area contributed by atoms with Crippen molar-refractivity contribution in [1.29, 1.82) is 0 Å². The average molecular weight is 415 g/mol. The Morgan fingerprint density at radius 3 is 2.60 bits per heavy atom. The number of carbonyl (C=O) groups excluding carboxylic acids is 1. The lowest BCUT2D eigenvalue weighted by atomic mass is 9.69. The minimum atomic E-state index is -0.318. The highest BCUT2D eigenvalue weighted by Crippen LogP contribution is 2.43. The molecule has 1 saturated heterocycles. The highest BCUT2D eigenvalue weighted by molar-refractivity contribution is 5.67. The monoisotopic (exact) mass is 414 g/mol. The summed E-state index contributed by atoms with van der Waals surface area (Å²) in [5.74, 6) is 1.26. The minimum Gasteiger partial charge on any atom is -0.453 e. The summed E-state index contributed by atoms with van der Waals surface area (Å²) in [5, 5.41) is 4.97. The van der Waals surface area contributed by atoms with Crippen LogP contribution in [0.4, 0.5) is 4.79 Å². The number of fused-ring (bicyclic) bond motifs is 1. The van der Waals surface area contributed by atoms with E-state index in [1.54, 1.807) is 4.90 Å². The zero-order valence-electron chi connectivity index (χ0n) is 18.9. The highest BCUT2D eigenvalue weighted by Gasteiger charge is 2.32. The molecule has 7 nitrogen and oxygen atoms in total. The van der Waals surface area contributed by atoms with Crippen LogP contribution in [0.1, 0.15) is 75.6 Å². The molecule has 0 spiro atoms. The lowest BCUT2D eigenvalue weighted by Gasteiger charge is -2.36. The zero-order valence-corrected chi connectivity index (χ0v) is 18.9. The van der Waals surface area contributed by atoms with Gasteiger partial charge in [-0.2, -0.15) is 5.10 Å². The molecular weight excluding hydrogens is 380 g/mol. The maximum atomic E-state index is 12.0. The van der Waals surface area contributed by atoms with Gasteiger partial charge >= 0.3 is 6.09 Å². The number of nitrogens with zero attached hydrogens (tertiary/aromatic N) is 4. The van der Waals surface area contributed by atoms with Crippen LogP contribution in [0, 0.1) is 18.3 Å². The molecule has 1 saturated carbocycles. The standard InChI is InChI=1S/C23H34N4O3/c1-15-12-19(20-14-26(10-11-30-20)22(28)29-5)27-21(24-15)13-18(25-27)16-6-8-17(9-7-16)23(2,3)4/h12-13,16-17,20H,6-11,14H2,1-5H3/t16?,17?,20-/m1/s1. The summed E-state index contributed by atoms with van der Waals surface area (Å²) in [6.45, 7) is 10.5. The summed E-state index contributed by atoms with van der Waals surface area (Å²) >= 11 is 0. The van der Waals surface area contributed by atoms with E-state index in [-0.39, 0.29) is 12.2 Å². The minimum absolute atomic E-state index is 0.244. The van der Waals surface area contributed by atoms with Crippen molar-refractivity contribution in [2.45, 2.75) is 65.4 Å². The summed E-state index contributed by atoms with van der Waals surface area (Å²) in [5.41, 5.74) is 4.23. The molecule has 4 rings (SSSR count). The molecule has 1 aliphatic carbocycles. The fourth-order valence-corrected chi connectivity index (χ4v) is 4.95. The third kappa shape index (κ3) is 4.17. The number of methoxy groups -OCH3 is 1. The number of hydrogen-bond donors (Lipinski definition) is 0. The smallest absolute Gasteiger partial charge is 0.409 e. The molecule has 7 heteroatoms. The van der Waals surface area contributed by atoms with Gasteiger partial charge in [-0.25, -0.2) is 14.3 Å². The van der Waals surface area contributed by atoms with E-state index in [4.69, 9.17) is 19.6 Å². The van der Waals surface area contributed by atoms with Crippen LogP contribution in [-0.2, 0) is 9.47 Å². The van der Waals surface area contributed by atoms with Crippen LogP contribution in [0.5, 0.6) is 0 Å². The van der Waals surface area contributed by atoms with Gasteiger partial charge in [0.2, 0.25) is 0 Å². The Balaban J connectivity index is 1.59. The van der Waals surface area contributed by atoms with E-state index >= 15 is 0 Å². The molecule has 3 heterocycles. The van der Waals surface area contributed by atoms with Crippen molar-refractivity contribution >= 4 is 11.7 Å². The number of hydrogen-bond acceptors (Lipinski definition) is 5. The van der Waals surface area contributed by atoms with Crippen LogP contribution in [0.15, 0.2) is 12.1 Å². The van der Waals surface area contributed by atoms with Crippen LogP contribution in [-0.4, -0.2) is 52.4 Å². The maximum Gasteiger partial charge on any atom is 0.409 e. The molecule has 2 aromatic heterocycles. The molecule has 2 aliphatic rings. The quantitative estimate of drug-likeness (QED) is 0.724. The number of aryl methyl sites for hydroxylation is 1. The molecule has 1 amide bonds. The fraction of sp³-hybridized carbons (Fsp3) is 0.696. The van der Waals surface area contributed by atoms with Gasteiger partial charge in [0.15, 0.2) is 5.65 Å². The first-order valence-electron chi connectivity index (χ1n) is 11.1. The van der Waals surface area contributed by atoms with Crippen molar-refractivity contribution in [3.8, 4) is 0 Å². The number of carbonyl (C=O) groups is 1. The second-order valence-corrected chi connectivity index (χ2v) is 9.85. The van der Waals surface area contributed by atoms with Crippen LogP contribution >= 0.6 is 0 Å². The number of aromatic nitrogens is 3. The van der Waals surface area contributed by atoms with Crippen molar-refractivity contribution in [3.05, 3.63) is 29.2 Å². The van der Waals surface area contributed by atoms with E-state index in [1.807, 2.05) is 17.5 Å². The van der Waals surface area contributed by atoms with E-state index in [1.165, 1.54) is 32.8 Å². The van der Waals surface area contributed by atoms with Gasteiger partial charge in [-0.3, -0.25) is 0 Å². The van der Waals surface area contributed by atoms with Crippen LogP contribution in [0.2, 0.25) is 0 Å². The van der Waals surface area contributed by atoms with E-state index in [2.05, 4.69) is 26.8 Å². The Hall–Kier alpha value is -2.15. The number of morpholine rings is 1. The SMILES string of the molecule is COC(=O)N1CCO[C@@H](c2cc(C)nc3cc(C4CCC(C(C)(C)C)CC4)nn23)C1. The second-order valence-electron chi connectivity index (χ2n) is 9.85. The van der Waals surface area contributed by atoms with Gasteiger partial charge in [-0.05, 0) is 50.0 Å². The first-order valence-corrected chi connectivity index (χ1v) is 11.1. The summed E-state index contributed by atoms with van der Waals surface area (Å²) in [4.78, 5) is 18.4. The van der Waals surface area contributed by atoms with Gasteiger partial charge in [-0.15, -0.1) is 0 Å². The van der Waals surface area contributed by atoms with E-state index in [9.17, 15) is 4.79 Å². The summed E-state index contributed by atoms with van der Waals surface area (Å²) in [6.07, 6.45) is 4.29. The van der Waals surface area contributed by atoms with Crippen LogP contribution in [0.25, 0.3) is 5.65 Å². The molecule has 1 atom stereocenters. The molecule has 0 aromatic carbocycles. The van der Waals surface area contributed by atoms with Crippen molar-refractivity contribution in [2.75, 3.05) is 26.8 Å². The van der Waals surface area contributed by atoms with E-state index < -0.39 is 0 Å². The second kappa shape index (κ2) is 8.17. The Morgan fingerprint density at radius 2 is 1.93 bits per heavy atom. The predicted molar refractivity (Wildman–Crippen MR) is 115 cm³/mol. The molecule has 1 aliphatic heterocycles. The molecule has 164 valence electrons. The third-order valence-corrected chi connectivity index (χ3v) is 6.80. The highest BCUT2D eigenvalue weighted by atomic mass is 16.5. The molecule has 0 radical (unpaired) electrons. The third-order valence-electron chi connectivity index (χ3n) is 6.80. The Kier molecular flexibility index (Phi) is 5.75. The molecule has 0 bridgehead atoms. The first kappa shape index (κ1) is 21.1. The Morgan fingerprint density at radius 1 is 1.20 bits per heavy atom. The van der Waals surface area contributed by atoms with Gasteiger partial charge in [-0.1, -0.05) is 20.8 Å².